The lowest BCUT2D eigenvalue weighted by Gasteiger charge is -2.57. The minimum absolute atomic E-state index is 0.455. The normalized spacial score (nSPS) is 20.9. The van der Waals surface area contributed by atoms with Crippen LogP contribution in [0.4, 0.5) is 11.4 Å². The molecule has 1 aromatic rings. The van der Waals surface area contributed by atoms with Gasteiger partial charge in [-0.1, -0.05) is 11.6 Å². The SMILES string of the molecule is N=Cc1c(N)cc(Cl)cc1N1CC2(CNC2)C1. The zero-order chi connectivity index (χ0) is 12.0. The second-order valence-electron chi connectivity index (χ2n) is 5.03. The molecule has 90 valence electrons. The molecule has 5 heteroatoms. The van der Waals surface area contributed by atoms with E-state index in [1.807, 2.05) is 6.07 Å². The minimum atomic E-state index is 0.455. The van der Waals surface area contributed by atoms with Gasteiger partial charge in [0.2, 0.25) is 0 Å². The van der Waals surface area contributed by atoms with E-state index in [2.05, 4.69) is 10.2 Å². The molecule has 4 N–H and O–H groups in total. The summed E-state index contributed by atoms with van der Waals surface area (Å²) in [7, 11) is 0. The van der Waals surface area contributed by atoms with E-state index in [0.717, 1.165) is 37.4 Å². The van der Waals surface area contributed by atoms with Crippen molar-refractivity contribution in [2.24, 2.45) is 5.41 Å². The van der Waals surface area contributed by atoms with Gasteiger partial charge in [-0.25, -0.2) is 0 Å². The average molecular weight is 251 g/mol. The number of halogens is 1. The number of anilines is 2. The molecular formula is C12H15ClN4. The molecule has 0 radical (unpaired) electrons. The Morgan fingerprint density at radius 1 is 1.41 bits per heavy atom. The first kappa shape index (κ1) is 10.9. The molecule has 0 amide bonds. The second-order valence-corrected chi connectivity index (χ2v) is 5.47. The van der Waals surface area contributed by atoms with Gasteiger partial charge in [-0.3, -0.25) is 0 Å². The van der Waals surface area contributed by atoms with Gasteiger partial charge in [-0.05, 0) is 12.1 Å². The number of nitrogens with zero attached hydrogens (tertiary/aromatic N) is 1. The minimum Gasteiger partial charge on any atom is -0.398 e. The fraction of sp³-hybridized carbons (Fsp3) is 0.417. The van der Waals surface area contributed by atoms with Gasteiger partial charge in [0.1, 0.15) is 0 Å². The highest BCUT2D eigenvalue weighted by Crippen LogP contribution is 2.40. The summed E-state index contributed by atoms with van der Waals surface area (Å²) in [6.45, 7) is 4.25. The van der Waals surface area contributed by atoms with Crippen LogP contribution < -0.4 is 16.0 Å². The molecule has 2 saturated heterocycles. The summed E-state index contributed by atoms with van der Waals surface area (Å²) in [6, 6.07) is 3.60. The van der Waals surface area contributed by atoms with E-state index in [1.165, 1.54) is 6.21 Å². The first-order valence-corrected chi connectivity index (χ1v) is 6.07. The van der Waals surface area contributed by atoms with Crippen molar-refractivity contribution < 1.29 is 0 Å². The van der Waals surface area contributed by atoms with Crippen molar-refractivity contribution >= 4 is 29.2 Å². The molecule has 0 bridgehead atoms. The van der Waals surface area contributed by atoms with Crippen LogP contribution in [0.15, 0.2) is 12.1 Å². The predicted octanol–water partition coefficient (Wildman–Crippen LogP) is 1.33. The summed E-state index contributed by atoms with van der Waals surface area (Å²) >= 11 is 6.03. The lowest BCUT2D eigenvalue weighted by atomic mass is 9.74. The van der Waals surface area contributed by atoms with Gasteiger partial charge in [0.25, 0.3) is 0 Å². The maximum Gasteiger partial charge on any atom is 0.0491 e. The van der Waals surface area contributed by atoms with Crippen LogP contribution in [0.3, 0.4) is 0 Å². The van der Waals surface area contributed by atoms with Gasteiger partial charge in [-0.15, -0.1) is 0 Å². The quantitative estimate of drug-likeness (QED) is 0.548. The summed E-state index contributed by atoms with van der Waals surface area (Å²) in [6.07, 6.45) is 1.31. The number of hydrogen-bond donors (Lipinski definition) is 3. The molecular weight excluding hydrogens is 236 g/mol. The van der Waals surface area contributed by atoms with Crippen LogP contribution in [-0.2, 0) is 0 Å². The first-order valence-electron chi connectivity index (χ1n) is 5.69. The number of rotatable bonds is 2. The maximum atomic E-state index is 7.46. The molecule has 2 aliphatic rings. The van der Waals surface area contributed by atoms with E-state index in [9.17, 15) is 0 Å². The Morgan fingerprint density at radius 3 is 2.65 bits per heavy atom. The van der Waals surface area contributed by atoms with Crippen LogP contribution in [0.2, 0.25) is 5.02 Å². The monoisotopic (exact) mass is 250 g/mol. The van der Waals surface area contributed by atoms with Gasteiger partial charge in [0.05, 0.1) is 0 Å². The number of nitrogen functional groups attached to an aromatic ring is 1. The zero-order valence-electron chi connectivity index (χ0n) is 9.46. The highest BCUT2D eigenvalue weighted by molar-refractivity contribution is 6.31. The van der Waals surface area contributed by atoms with Crippen LogP contribution in [0, 0.1) is 10.8 Å². The molecule has 2 heterocycles. The number of nitrogens with two attached hydrogens (primary N) is 1. The average Bonchev–Trinajstić information content (AvgIpc) is 2.12. The highest BCUT2D eigenvalue weighted by Gasteiger charge is 2.47. The fourth-order valence-corrected chi connectivity index (χ4v) is 2.90. The van der Waals surface area contributed by atoms with Crippen LogP contribution in [-0.4, -0.2) is 32.4 Å². The maximum absolute atomic E-state index is 7.46. The molecule has 1 aromatic carbocycles. The molecule has 0 unspecified atom stereocenters. The van der Waals surface area contributed by atoms with Crippen LogP contribution in [0.5, 0.6) is 0 Å². The summed E-state index contributed by atoms with van der Waals surface area (Å²) in [5.74, 6) is 0. The van der Waals surface area contributed by atoms with E-state index in [4.69, 9.17) is 22.7 Å². The lowest BCUT2D eigenvalue weighted by Crippen LogP contribution is -2.71. The molecule has 2 fully saturated rings. The molecule has 4 nitrogen and oxygen atoms in total. The van der Waals surface area contributed by atoms with Crippen molar-refractivity contribution in [2.45, 2.75) is 0 Å². The van der Waals surface area contributed by atoms with E-state index >= 15 is 0 Å². The molecule has 3 rings (SSSR count). The Balaban J connectivity index is 1.90. The topological polar surface area (TPSA) is 65.1 Å². The smallest absolute Gasteiger partial charge is 0.0491 e. The van der Waals surface area contributed by atoms with Gasteiger partial charge in [0, 0.05) is 59.8 Å². The number of hydrogen-bond acceptors (Lipinski definition) is 4. The van der Waals surface area contributed by atoms with Crippen LogP contribution in [0.25, 0.3) is 0 Å². The van der Waals surface area contributed by atoms with E-state index in [-0.39, 0.29) is 0 Å². The van der Waals surface area contributed by atoms with E-state index < -0.39 is 0 Å². The summed E-state index contributed by atoms with van der Waals surface area (Å²) in [5, 5.41) is 11.4. The Morgan fingerprint density at radius 2 is 2.12 bits per heavy atom. The van der Waals surface area contributed by atoms with Crippen molar-refractivity contribution in [3.8, 4) is 0 Å². The Labute approximate surface area is 105 Å². The summed E-state index contributed by atoms with van der Waals surface area (Å²) in [5.41, 5.74) is 8.69. The van der Waals surface area contributed by atoms with Crippen molar-refractivity contribution in [3.63, 3.8) is 0 Å². The van der Waals surface area contributed by atoms with Gasteiger partial charge >= 0.3 is 0 Å². The Hall–Kier alpha value is -1.26. The largest absolute Gasteiger partial charge is 0.398 e. The molecule has 0 saturated carbocycles. The molecule has 2 aliphatic heterocycles. The number of nitrogens with one attached hydrogen (secondary N) is 2. The molecule has 0 atom stereocenters. The Kier molecular flexibility index (Phi) is 2.31. The molecule has 17 heavy (non-hydrogen) atoms. The van der Waals surface area contributed by atoms with Crippen LogP contribution in [0.1, 0.15) is 5.56 Å². The molecule has 1 spiro atoms. The lowest BCUT2D eigenvalue weighted by molar-refractivity contribution is 0.121. The fourth-order valence-electron chi connectivity index (χ4n) is 2.68. The van der Waals surface area contributed by atoms with Crippen molar-refractivity contribution in [2.75, 3.05) is 36.8 Å². The van der Waals surface area contributed by atoms with Crippen molar-refractivity contribution in [1.29, 1.82) is 5.41 Å². The van der Waals surface area contributed by atoms with Gasteiger partial charge in [0.15, 0.2) is 0 Å². The first-order chi connectivity index (χ1) is 8.13. The third-order valence-corrected chi connectivity index (χ3v) is 3.91. The second kappa shape index (κ2) is 3.62. The third-order valence-electron chi connectivity index (χ3n) is 3.69. The summed E-state index contributed by atoms with van der Waals surface area (Å²) in [4.78, 5) is 2.25. The number of benzene rings is 1. The van der Waals surface area contributed by atoms with Gasteiger partial charge < -0.3 is 21.4 Å². The zero-order valence-corrected chi connectivity index (χ0v) is 10.2. The third kappa shape index (κ3) is 1.59. The van der Waals surface area contributed by atoms with Crippen molar-refractivity contribution in [1.82, 2.24) is 5.32 Å². The molecule has 0 aromatic heterocycles. The molecule has 0 aliphatic carbocycles. The summed E-state index contributed by atoms with van der Waals surface area (Å²) < 4.78 is 0. The standard InChI is InChI=1S/C12H15ClN4/c13-8-1-10(15)9(3-14)11(2-8)17-6-12(7-17)4-16-5-12/h1-3,14,16H,4-7,15H2. The van der Waals surface area contributed by atoms with Crippen molar-refractivity contribution in [3.05, 3.63) is 22.7 Å². The van der Waals surface area contributed by atoms with Gasteiger partial charge in [-0.2, -0.15) is 0 Å². The predicted molar refractivity (Wildman–Crippen MR) is 71.3 cm³/mol. The van der Waals surface area contributed by atoms with Crippen LogP contribution >= 0.6 is 11.6 Å². The Bertz CT molecular complexity index is 474. The highest BCUT2D eigenvalue weighted by atomic mass is 35.5. The van der Waals surface area contributed by atoms with E-state index in [1.54, 1.807) is 6.07 Å². The van der Waals surface area contributed by atoms with E-state index in [0.29, 0.717) is 16.1 Å².